The number of hydrogen-bond donors (Lipinski definition) is 0. The molecule has 0 aliphatic rings. The number of allylic oxidation sites excluding steroid dienone is 1. The van der Waals surface area contributed by atoms with E-state index >= 15 is 0 Å². The van der Waals surface area contributed by atoms with Gasteiger partial charge >= 0.3 is 0 Å². The van der Waals surface area contributed by atoms with Crippen molar-refractivity contribution in [3.63, 3.8) is 0 Å². The molecule has 0 N–H and O–H groups in total. The third kappa shape index (κ3) is 41.7. The van der Waals surface area contributed by atoms with E-state index in [9.17, 15) is 0 Å². The fourth-order valence-electron chi connectivity index (χ4n) is 7.08. The van der Waals surface area contributed by atoms with Crippen molar-refractivity contribution in [3.05, 3.63) is 12.7 Å². The molecule has 44 heavy (non-hydrogen) atoms. The molecule has 0 aliphatic carbocycles. The summed E-state index contributed by atoms with van der Waals surface area (Å²) in [5, 5.41) is 0. The van der Waals surface area contributed by atoms with Crippen molar-refractivity contribution in [1.29, 1.82) is 0 Å². The molecule has 0 unspecified atom stereocenters. The fourth-order valence-corrected chi connectivity index (χ4v) is 7.08. The number of unbranched alkanes of at least 4 members (excludes halogenated alkanes) is 40. The van der Waals surface area contributed by atoms with E-state index in [0.29, 0.717) is 0 Å². The highest BCUT2D eigenvalue weighted by atomic mass is 14.0. The summed E-state index contributed by atoms with van der Waals surface area (Å²) in [4.78, 5) is 0. The minimum absolute atomic E-state index is 1.21. The molecular formula is C44H88. The Morgan fingerprint density at radius 1 is 0.227 bits per heavy atom. The van der Waals surface area contributed by atoms with Crippen LogP contribution in [0.15, 0.2) is 12.7 Å². The lowest BCUT2D eigenvalue weighted by atomic mass is 10.0. The summed E-state index contributed by atoms with van der Waals surface area (Å²) in [7, 11) is 0. The molecule has 0 radical (unpaired) electrons. The van der Waals surface area contributed by atoms with Gasteiger partial charge in [0.2, 0.25) is 0 Å². The second-order valence-corrected chi connectivity index (χ2v) is 14.9. The Hall–Kier alpha value is -0.260. The number of hydrogen-bond acceptors (Lipinski definition) is 0. The summed E-state index contributed by atoms with van der Waals surface area (Å²) < 4.78 is 0. The lowest BCUT2D eigenvalue weighted by molar-refractivity contribution is 0.509. The van der Waals surface area contributed by atoms with Crippen LogP contribution in [0.5, 0.6) is 0 Å². The molecule has 0 saturated heterocycles. The summed E-state index contributed by atoms with van der Waals surface area (Å²) in [5.41, 5.74) is 0. The first-order valence-corrected chi connectivity index (χ1v) is 21.5. The molecule has 0 nitrogen and oxygen atoms in total. The molecule has 0 bridgehead atoms. The van der Waals surface area contributed by atoms with Crippen molar-refractivity contribution < 1.29 is 0 Å². The van der Waals surface area contributed by atoms with Crippen LogP contribution in [0.25, 0.3) is 0 Å². The predicted molar refractivity (Wildman–Crippen MR) is 205 cm³/mol. The van der Waals surface area contributed by atoms with E-state index in [1.807, 2.05) is 0 Å². The van der Waals surface area contributed by atoms with E-state index in [1.54, 1.807) is 0 Å². The highest BCUT2D eigenvalue weighted by Gasteiger charge is 1.98. The zero-order valence-electron chi connectivity index (χ0n) is 31.3. The van der Waals surface area contributed by atoms with Crippen LogP contribution in [0.2, 0.25) is 0 Å². The van der Waals surface area contributed by atoms with Gasteiger partial charge in [-0.3, -0.25) is 0 Å². The fraction of sp³-hybridized carbons (Fsp3) is 0.955. The highest BCUT2D eigenvalue weighted by molar-refractivity contribution is 4.65. The average molecular weight is 617 g/mol. The van der Waals surface area contributed by atoms with Crippen LogP contribution in [0, 0.1) is 0 Å². The number of rotatable bonds is 41. The van der Waals surface area contributed by atoms with Gasteiger partial charge in [-0.15, -0.1) is 6.58 Å². The molecule has 264 valence electrons. The molecule has 0 rings (SSSR count). The van der Waals surface area contributed by atoms with Gasteiger partial charge in [0, 0.05) is 0 Å². The Balaban J connectivity index is 3.03. The summed E-state index contributed by atoms with van der Waals surface area (Å²) in [6, 6.07) is 0. The van der Waals surface area contributed by atoms with Crippen molar-refractivity contribution >= 4 is 0 Å². The van der Waals surface area contributed by atoms with Crippen LogP contribution < -0.4 is 0 Å². The molecule has 0 aliphatic heterocycles. The Morgan fingerprint density at radius 2 is 0.364 bits per heavy atom. The van der Waals surface area contributed by atoms with E-state index in [2.05, 4.69) is 19.6 Å². The third-order valence-corrected chi connectivity index (χ3v) is 10.3. The van der Waals surface area contributed by atoms with E-state index in [4.69, 9.17) is 0 Å². The second-order valence-electron chi connectivity index (χ2n) is 14.9. The molecular weight excluding hydrogens is 528 g/mol. The zero-order valence-corrected chi connectivity index (χ0v) is 31.3. The van der Waals surface area contributed by atoms with Gasteiger partial charge in [-0.2, -0.15) is 0 Å². The van der Waals surface area contributed by atoms with Crippen molar-refractivity contribution in [2.45, 2.75) is 270 Å². The standard InChI is InChI=1S/C44H88/c1-3-5-7-9-11-13-15-17-19-21-23-25-27-29-31-33-35-37-39-41-43-44-42-40-38-36-34-32-30-28-26-24-22-20-18-16-14-12-10-8-6-4-2/h3H,1,4-44H2,2H3. The van der Waals surface area contributed by atoms with E-state index in [0.717, 1.165) is 0 Å². The Morgan fingerprint density at radius 3 is 0.500 bits per heavy atom. The Labute approximate surface area is 282 Å². The summed E-state index contributed by atoms with van der Waals surface area (Å²) in [6.45, 7) is 6.12. The molecule has 0 aromatic carbocycles. The van der Waals surface area contributed by atoms with Crippen LogP contribution in [0.1, 0.15) is 270 Å². The van der Waals surface area contributed by atoms with Crippen molar-refractivity contribution in [2.75, 3.05) is 0 Å². The van der Waals surface area contributed by atoms with Crippen molar-refractivity contribution in [2.24, 2.45) is 0 Å². The molecule has 0 atom stereocenters. The largest absolute Gasteiger partial charge is 0.103 e. The molecule has 0 amide bonds. The first-order valence-electron chi connectivity index (χ1n) is 21.5. The average Bonchev–Trinajstić information content (AvgIpc) is 3.04. The predicted octanol–water partition coefficient (Wildman–Crippen LogP) is 17.2. The van der Waals surface area contributed by atoms with Crippen LogP contribution in [-0.2, 0) is 0 Å². The quantitative estimate of drug-likeness (QED) is 0.0473. The van der Waals surface area contributed by atoms with Gasteiger partial charge in [0.15, 0.2) is 0 Å². The summed E-state index contributed by atoms with van der Waals surface area (Å²) in [5.74, 6) is 0. The highest BCUT2D eigenvalue weighted by Crippen LogP contribution is 2.17. The Bertz CT molecular complexity index is 478. The van der Waals surface area contributed by atoms with E-state index in [1.165, 1.54) is 263 Å². The van der Waals surface area contributed by atoms with Gasteiger partial charge in [-0.1, -0.05) is 263 Å². The van der Waals surface area contributed by atoms with Gasteiger partial charge in [0.25, 0.3) is 0 Å². The molecule has 0 spiro atoms. The summed E-state index contributed by atoms with van der Waals surface area (Å²) in [6.07, 6.45) is 62.4. The van der Waals surface area contributed by atoms with E-state index < -0.39 is 0 Å². The van der Waals surface area contributed by atoms with Gasteiger partial charge < -0.3 is 0 Å². The van der Waals surface area contributed by atoms with Gasteiger partial charge in [-0.05, 0) is 12.8 Å². The van der Waals surface area contributed by atoms with Crippen LogP contribution in [-0.4, -0.2) is 0 Å². The normalized spacial score (nSPS) is 11.5. The summed E-state index contributed by atoms with van der Waals surface area (Å²) >= 11 is 0. The van der Waals surface area contributed by atoms with Crippen molar-refractivity contribution in [3.8, 4) is 0 Å². The molecule has 0 aromatic rings. The molecule has 0 saturated carbocycles. The third-order valence-electron chi connectivity index (χ3n) is 10.3. The minimum Gasteiger partial charge on any atom is -0.103 e. The van der Waals surface area contributed by atoms with Gasteiger partial charge in [0.05, 0.1) is 0 Å². The first kappa shape index (κ1) is 43.7. The molecule has 0 aromatic heterocycles. The van der Waals surface area contributed by atoms with Crippen LogP contribution in [0.4, 0.5) is 0 Å². The van der Waals surface area contributed by atoms with Gasteiger partial charge in [0.1, 0.15) is 0 Å². The topological polar surface area (TPSA) is 0 Å². The van der Waals surface area contributed by atoms with Crippen LogP contribution in [0.3, 0.4) is 0 Å². The molecule has 0 heterocycles. The molecule has 0 heteroatoms. The monoisotopic (exact) mass is 617 g/mol. The minimum atomic E-state index is 1.21. The van der Waals surface area contributed by atoms with Crippen LogP contribution >= 0.6 is 0 Å². The van der Waals surface area contributed by atoms with Crippen molar-refractivity contribution in [1.82, 2.24) is 0 Å². The maximum Gasteiger partial charge on any atom is -0.0353 e. The lowest BCUT2D eigenvalue weighted by Crippen LogP contribution is -1.85. The maximum atomic E-state index is 3.81. The maximum absolute atomic E-state index is 3.81. The lowest BCUT2D eigenvalue weighted by Gasteiger charge is -2.05. The second kappa shape index (κ2) is 42.7. The zero-order chi connectivity index (χ0) is 31.7. The molecule has 0 fully saturated rings. The van der Waals surface area contributed by atoms with Gasteiger partial charge in [-0.25, -0.2) is 0 Å². The van der Waals surface area contributed by atoms with E-state index in [-0.39, 0.29) is 0 Å². The SMILES string of the molecule is C=CCCCCCCCCCCCCCCCCCCCCCCCCCCCCCCCCCCCCCCCCCC. The Kier molecular flexibility index (Phi) is 42.5. The smallest absolute Gasteiger partial charge is 0.0353 e. The first-order chi connectivity index (χ1) is 21.9.